The number of fused-ring (bicyclic) bond motifs is 5. The van der Waals surface area contributed by atoms with Crippen molar-refractivity contribution in [3.8, 4) is 11.4 Å². The molecule has 0 saturated carbocycles. The second kappa shape index (κ2) is 12.1. The molecule has 248 valence electrons. The summed E-state index contributed by atoms with van der Waals surface area (Å²) in [6, 6.07) is -1.79. The Bertz CT molecular complexity index is 2000. The molecule has 3 aliphatic rings. The lowest BCUT2D eigenvalue weighted by molar-refractivity contribution is -0.144. The molecule has 2 atom stereocenters. The molecule has 10 nitrogen and oxygen atoms in total. The number of alkyl halides is 3. The average Bonchev–Trinajstić information content (AvgIpc) is 3.18. The van der Waals surface area contributed by atoms with E-state index in [1.54, 1.807) is 23.6 Å². The predicted molar refractivity (Wildman–Crippen MR) is 168 cm³/mol. The number of aromatic nitrogens is 4. The first-order chi connectivity index (χ1) is 22.3. The minimum Gasteiger partial charge on any atom is -0.486 e. The van der Waals surface area contributed by atoms with Crippen molar-refractivity contribution in [3.63, 3.8) is 0 Å². The summed E-state index contributed by atoms with van der Waals surface area (Å²) in [6.07, 6.45) is -0.924. The second-order valence-electron chi connectivity index (χ2n) is 11.2. The Balaban J connectivity index is 1.80. The van der Waals surface area contributed by atoms with Crippen LogP contribution in [-0.2, 0) is 23.8 Å². The fourth-order valence-electron chi connectivity index (χ4n) is 6.55. The van der Waals surface area contributed by atoms with Gasteiger partial charge in [-0.15, -0.1) is 0 Å². The van der Waals surface area contributed by atoms with E-state index in [2.05, 4.69) is 16.5 Å². The fourth-order valence-corrected chi connectivity index (χ4v) is 7.13. The van der Waals surface area contributed by atoms with Crippen molar-refractivity contribution in [2.45, 2.75) is 51.4 Å². The molecule has 0 bridgehead atoms. The Morgan fingerprint density at radius 1 is 1.11 bits per heavy atom. The van der Waals surface area contributed by atoms with Crippen LogP contribution in [0.15, 0.2) is 56.6 Å². The van der Waals surface area contributed by atoms with Crippen LogP contribution in [0.25, 0.3) is 16.6 Å². The van der Waals surface area contributed by atoms with Crippen molar-refractivity contribution in [1.82, 2.24) is 24.0 Å². The summed E-state index contributed by atoms with van der Waals surface area (Å²) in [5, 5.41) is -1.27. The Kier molecular flexibility index (Phi) is 8.45. The molecule has 0 unspecified atom stereocenters. The average molecular weight is 696 g/mol. The van der Waals surface area contributed by atoms with E-state index in [0.717, 1.165) is 10.6 Å². The Hall–Kier alpha value is -4.17. The number of piperazine rings is 1. The molecule has 1 saturated heterocycles. The van der Waals surface area contributed by atoms with Crippen molar-refractivity contribution in [1.29, 1.82) is 0 Å². The maximum absolute atomic E-state index is 15.4. The number of nitrogens with zero attached hydrogens (tertiary/aromatic N) is 6. The summed E-state index contributed by atoms with van der Waals surface area (Å²) in [4.78, 5) is 53.6. The molecule has 3 aromatic heterocycles. The van der Waals surface area contributed by atoms with Crippen molar-refractivity contribution >= 4 is 45.7 Å². The highest BCUT2D eigenvalue weighted by atomic mass is 35.5. The Morgan fingerprint density at radius 3 is 2.36 bits per heavy atom. The van der Waals surface area contributed by atoms with Crippen molar-refractivity contribution in [3.05, 3.63) is 84.8 Å². The molecule has 0 N–H and O–H groups in total. The molecule has 6 rings (SSSR count). The van der Waals surface area contributed by atoms with Gasteiger partial charge in [-0.3, -0.25) is 23.5 Å². The molecule has 0 radical (unpaired) electrons. The quantitative estimate of drug-likeness (QED) is 0.268. The van der Waals surface area contributed by atoms with Crippen LogP contribution < -0.4 is 20.8 Å². The predicted octanol–water partition coefficient (Wildman–Crippen LogP) is 5.17. The van der Waals surface area contributed by atoms with Crippen molar-refractivity contribution in [2.75, 3.05) is 31.1 Å². The topological polar surface area (TPSA) is 103 Å². The molecule has 5 heterocycles. The number of carbonyl (C=O) groups is 1. The highest BCUT2D eigenvalue weighted by Crippen LogP contribution is 2.45. The van der Waals surface area contributed by atoms with Gasteiger partial charge in [-0.1, -0.05) is 43.6 Å². The van der Waals surface area contributed by atoms with E-state index in [9.17, 15) is 27.6 Å². The summed E-state index contributed by atoms with van der Waals surface area (Å²) < 4.78 is 67.4. The van der Waals surface area contributed by atoms with Gasteiger partial charge >= 0.3 is 6.18 Å². The zero-order chi connectivity index (χ0) is 33.9. The van der Waals surface area contributed by atoms with Crippen LogP contribution in [0.2, 0.25) is 0 Å². The highest BCUT2D eigenvalue weighted by Gasteiger charge is 2.43. The van der Waals surface area contributed by atoms with Crippen molar-refractivity contribution in [2.24, 2.45) is 0 Å². The van der Waals surface area contributed by atoms with Gasteiger partial charge in [0.25, 0.3) is 11.1 Å². The van der Waals surface area contributed by atoms with Gasteiger partial charge in [0.05, 0.1) is 40.4 Å². The molecule has 0 aromatic carbocycles. The third kappa shape index (κ3) is 5.21. The molecular weight excluding hydrogens is 667 g/mol. The number of rotatable bonds is 5. The molecule has 3 aromatic rings. The monoisotopic (exact) mass is 694 g/mol. The van der Waals surface area contributed by atoms with Gasteiger partial charge < -0.3 is 14.5 Å². The summed E-state index contributed by atoms with van der Waals surface area (Å²) in [5.41, 5.74) is -3.38. The third-order valence-electron chi connectivity index (χ3n) is 8.67. The van der Waals surface area contributed by atoms with Crippen LogP contribution in [-0.4, -0.2) is 62.2 Å². The Morgan fingerprint density at radius 2 is 1.79 bits per heavy atom. The number of ether oxygens (including phenoxy) is 1. The number of hydrogen-bond acceptors (Lipinski definition) is 7. The van der Waals surface area contributed by atoms with Crippen LogP contribution in [0, 0.1) is 0 Å². The summed E-state index contributed by atoms with van der Waals surface area (Å²) in [6.45, 7) is 7.51. The van der Waals surface area contributed by atoms with Crippen LogP contribution in [0.4, 0.5) is 23.2 Å². The molecular formula is C31H28Cl2F4N6O4. The largest absolute Gasteiger partial charge is 0.486 e. The van der Waals surface area contributed by atoms with Gasteiger partial charge in [0, 0.05) is 36.5 Å². The number of hydrogen-bond donors (Lipinski definition) is 0. The first-order valence-electron chi connectivity index (χ1n) is 14.8. The third-order valence-corrected chi connectivity index (χ3v) is 9.28. The smallest absolute Gasteiger partial charge is 0.431 e. The number of amides is 1. The summed E-state index contributed by atoms with van der Waals surface area (Å²) >= 11 is 12.1. The SMILES string of the molecule is C=CC(=O)N1CCN2c3c(c(=O)n(-c4c(CC)ncnc4CC)c4c(=O)n([C@@H]5C(Cl)=CC(Cl)=C5F)c(C(F)(F)F)cc34)OCC[C@H]2C1. The number of anilines is 1. The molecule has 47 heavy (non-hydrogen) atoms. The van der Waals surface area contributed by atoms with Gasteiger partial charge in [-0.25, -0.2) is 14.4 Å². The number of pyridine rings is 2. The van der Waals surface area contributed by atoms with E-state index in [-0.39, 0.29) is 72.1 Å². The molecule has 1 fully saturated rings. The van der Waals surface area contributed by atoms with E-state index in [4.69, 9.17) is 27.9 Å². The first-order valence-corrected chi connectivity index (χ1v) is 15.6. The molecule has 2 aliphatic heterocycles. The summed E-state index contributed by atoms with van der Waals surface area (Å²) in [7, 11) is 0. The van der Waals surface area contributed by atoms with E-state index in [1.165, 1.54) is 12.4 Å². The number of halogens is 6. The maximum atomic E-state index is 15.4. The number of aryl methyl sites for hydroxylation is 2. The molecule has 16 heteroatoms. The minimum atomic E-state index is -5.19. The number of carbonyl (C=O) groups excluding carboxylic acids is 1. The lowest BCUT2D eigenvalue weighted by atomic mass is 10.0. The first kappa shape index (κ1) is 32.8. The zero-order valence-electron chi connectivity index (χ0n) is 25.2. The fraction of sp³-hybridized carbons (Fsp3) is 0.387. The Labute approximate surface area is 275 Å². The standard InChI is InChI=1S/C31H28Cl2F4N6O4/c1-4-19-27(20(5-2)39-14-38-19)43-25-16(11-21(31(35,36)37)42(29(25)45)26-18(33)12-17(32)23(26)34)24-28(30(43)46)47-10-7-15-13-40(22(44)6-3)8-9-41(15)24/h6,11-12,14-15,26H,3-5,7-10,13H2,1-2H3/t15-,26+/m0/s1. The van der Waals surface area contributed by atoms with Gasteiger partial charge in [0.15, 0.2) is 0 Å². The van der Waals surface area contributed by atoms with Crippen LogP contribution in [0.1, 0.15) is 43.4 Å². The molecule has 1 aliphatic carbocycles. The lowest BCUT2D eigenvalue weighted by Gasteiger charge is -2.42. The zero-order valence-corrected chi connectivity index (χ0v) is 26.7. The van der Waals surface area contributed by atoms with E-state index in [1.807, 2.05) is 0 Å². The van der Waals surface area contributed by atoms with Gasteiger partial charge in [-0.05, 0) is 31.1 Å². The normalized spacial score (nSPS) is 19.7. The van der Waals surface area contributed by atoms with Gasteiger partial charge in [0.1, 0.15) is 29.4 Å². The summed E-state index contributed by atoms with van der Waals surface area (Å²) in [5.74, 6) is -1.85. The van der Waals surface area contributed by atoms with Crippen LogP contribution in [0.3, 0.4) is 0 Å². The molecule has 1 amide bonds. The second-order valence-corrected chi connectivity index (χ2v) is 12.0. The van der Waals surface area contributed by atoms with E-state index < -0.39 is 56.5 Å². The highest BCUT2D eigenvalue weighted by molar-refractivity contribution is 6.36. The van der Waals surface area contributed by atoms with E-state index in [0.29, 0.717) is 23.9 Å². The maximum Gasteiger partial charge on any atom is 0.431 e. The van der Waals surface area contributed by atoms with Crippen molar-refractivity contribution < 1.29 is 27.1 Å². The molecule has 0 spiro atoms. The lowest BCUT2D eigenvalue weighted by Crippen LogP contribution is -2.54. The van der Waals surface area contributed by atoms with Gasteiger partial charge in [0.2, 0.25) is 11.7 Å². The van der Waals surface area contributed by atoms with Crippen LogP contribution >= 0.6 is 23.2 Å². The van der Waals surface area contributed by atoms with Gasteiger partial charge in [-0.2, -0.15) is 13.2 Å². The van der Waals surface area contributed by atoms with Crippen LogP contribution in [0.5, 0.6) is 5.75 Å². The minimum absolute atomic E-state index is 0.00221. The number of allylic oxidation sites excluding steroid dienone is 4. The van der Waals surface area contributed by atoms with E-state index >= 15 is 4.39 Å².